The van der Waals surface area contributed by atoms with E-state index in [1.165, 1.54) is 32.1 Å². The highest BCUT2D eigenvalue weighted by molar-refractivity contribution is 4.89. The van der Waals surface area contributed by atoms with Crippen LogP contribution in [0, 0.1) is 17.8 Å². The number of aliphatic hydroxyl groups is 1. The minimum absolute atomic E-state index is 0.354. The predicted octanol–water partition coefficient (Wildman–Crippen LogP) is 1.52. The molecule has 0 radical (unpaired) electrons. The maximum Gasteiger partial charge on any atom is 0.0900 e. The Hall–Kier alpha value is -0.160. The van der Waals surface area contributed by atoms with Gasteiger partial charge in [0.25, 0.3) is 0 Å². The fourth-order valence-corrected chi connectivity index (χ4v) is 4.32. The third-order valence-electron chi connectivity index (χ3n) is 5.40. The molecule has 1 N–H and O–H groups in total. The highest BCUT2D eigenvalue weighted by Crippen LogP contribution is 2.49. The molecule has 3 rings (SSSR count). The lowest BCUT2D eigenvalue weighted by Gasteiger charge is -2.28. The molecule has 2 aliphatic carbocycles. The van der Waals surface area contributed by atoms with Crippen LogP contribution in [-0.4, -0.2) is 62.2 Å². The van der Waals surface area contributed by atoms with Gasteiger partial charge in [-0.25, -0.2) is 0 Å². The summed E-state index contributed by atoms with van der Waals surface area (Å²) < 4.78 is 11.0. The summed E-state index contributed by atoms with van der Waals surface area (Å²) in [7, 11) is 0. The smallest absolute Gasteiger partial charge is 0.0900 e. The molecule has 20 heavy (non-hydrogen) atoms. The van der Waals surface area contributed by atoms with Crippen LogP contribution >= 0.6 is 0 Å². The van der Waals surface area contributed by atoms with Gasteiger partial charge in [0.2, 0.25) is 0 Å². The number of rotatable bonds is 7. The van der Waals surface area contributed by atoms with Crippen molar-refractivity contribution >= 4 is 0 Å². The van der Waals surface area contributed by atoms with Gasteiger partial charge < -0.3 is 14.6 Å². The number of ether oxygens (including phenoxy) is 2. The van der Waals surface area contributed by atoms with E-state index in [0.717, 1.165) is 57.2 Å². The maximum atomic E-state index is 9.99. The van der Waals surface area contributed by atoms with Gasteiger partial charge in [-0.15, -0.1) is 0 Å². The third-order valence-corrected chi connectivity index (χ3v) is 5.40. The van der Waals surface area contributed by atoms with Crippen molar-refractivity contribution in [2.45, 2.75) is 38.2 Å². The van der Waals surface area contributed by atoms with Gasteiger partial charge in [-0.1, -0.05) is 6.42 Å². The molecule has 116 valence electrons. The van der Waals surface area contributed by atoms with Crippen molar-refractivity contribution in [3.05, 3.63) is 0 Å². The predicted molar refractivity (Wildman–Crippen MR) is 77.6 cm³/mol. The number of aliphatic hydroxyl groups excluding tert-OH is 1. The first-order valence-electron chi connectivity index (χ1n) is 8.37. The van der Waals surface area contributed by atoms with Crippen molar-refractivity contribution in [2.24, 2.45) is 17.8 Å². The lowest BCUT2D eigenvalue weighted by atomic mass is 9.87. The van der Waals surface area contributed by atoms with E-state index in [1.54, 1.807) is 0 Å². The Morgan fingerprint density at radius 1 is 1.20 bits per heavy atom. The van der Waals surface area contributed by atoms with Gasteiger partial charge in [0, 0.05) is 26.2 Å². The molecule has 2 bridgehead atoms. The number of hydrogen-bond donors (Lipinski definition) is 1. The maximum absolute atomic E-state index is 9.99. The van der Waals surface area contributed by atoms with E-state index in [-0.39, 0.29) is 6.10 Å². The largest absolute Gasteiger partial charge is 0.389 e. The van der Waals surface area contributed by atoms with Crippen LogP contribution in [0.2, 0.25) is 0 Å². The normalized spacial score (nSPS) is 35.5. The highest BCUT2D eigenvalue weighted by atomic mass is 16.5. The fraction of sp³-hybridized carbons (Fsp3) is 1.00. The summed E-state index contributed by atoms with van der Waals surface area (Å²) in [4.78, 5) is 2.26. The molecule has 0 aromatic rings. The molecular formula is C16H29NO3. The molecule has 0 aromatic heterocycles. The molecule has 0 unspecified atom stereocenters. The summed E-state index contributed by atoms with van der Waals surface area (Å²) in [5.41, 5.74) is 0. The summed E-state index contributed by atoms with van der Waals surface area (Å²) in [5, 5.41) is 9.99. The second-order valence-electron chi connectivity index (χ2n) is 6.87. The zero-order valence-electron chi connectivity index (χ0n) is 12.5. The quantitative estimate of drug-likeness (QED) is 0.719. The van der Waals surface area contributed by atoms with Crippen molar-refractivity contribution in [2.75, 3.05) is 46.1 Å². The molecule has 1 aliphatic heterocycles. The van der Waals surface area contributed by atoms with Crippen LogP contribution in [0.5, 0.6) is 0 Å². The molecule has 4 atom stereocenters. The molecule has 1 saturated heterocycles. The van der Waals surface area contributed by atoms with E-state index >= 15 is 0 Å². The molecule has 4 nitrogen and oxygen atoms in total. The second-order valence-corrected chi connectivity index (χ2v) is 6.87. The van der Waals surface area contributed by atoms with Gasteiger partial charge in [-0.3, -0.25) is 4.90 Å². The highest BCUT2D eigenvalue weighted by Gasteiger charge is 2.38. The first-order valence-corrected chi connectivity index (χ1v) is 8.37. The average molecular weight is 283 g/mol. The number of morpholine rings is 1. The summed E-state index contributed by atoms with van der Waals surface area (Å²) in [6.45, 7) is 5.48. The molecule has 2 saturated carbocycles. The van der Waals surface area contributed by atoms with Crippen molar-refractivity contribution in [1.82, 2.24) is 4.90 Å². The van der Waals surface area contributed by atoms with E-state index in [2.05, 4.69) is 4.90 Å². The van der Waals surface area contributed by atoms with E-state index in [1.807, 2.05) is 0 Å². The van der Waals surface area contributed by atoms with Gasteiger partial charge in [-0.05, 0) is 43.4 Å². The van der Waals surface area contributed by atoms with E-state index in [0.29, 0.717) is 6.61 Å². The Morgan fingerprint density at radius 2 is 2.05 bits per heavy atom. The van der Waals surface area contributed by atoms with Gasteiger partial charge in [0.1, 0.15) is 0 Å². The van der Waals surface area contributed by atoms with E-state index < -0.39 is 0 Å². The van der Waals surface area contributed by atoms with E-state index in [9.17, 15) is 5.11 Å². The number of β-amino-alcohol motifs (C(OH)–C–C–N with tert-alkyl or cyclic N) is 1. The standard InChI is InChI=1S/C16H29NO3/c18-16(11-17-4-7-19-8-5-17)12-20-6-3-15-10-13-1-2-14(15)9-13/h13-16,18H,1-12H2/t13-,14+,15+,16-/m1/s1. The Kier molecular flexibility index (Phi) is 5.32. The SMILES string of the molecule is O[C@@H](COCC[C@H]1C[C@@H]2CC[C@H]1C2)CN1CCOCC1. The van der Waals surface area contributed by atoms with Crippen LogP contribution in [0.3, 0.4) is 0 Å². The number of fused-ring (bicyclic) bond motifs is 2. The lowest BCUT2D eigenvalue weighted by Crippen LogP contribution is -2.42. The Morgan fingerprint density at radius 3 is 2.75 bits per heavy atom. The van der Waals surface area contributed by atoms with Crippen molar-refractivity contribution in [1.29, 1.82) is 0 Å². The molecule has 1 heterocycles. The Balaban J connectivity index is 1.24. The van der Waals surface area contributed by atoms with Crippen molar-refractivity contribution in [3.63, 3.8) is 0 Å². The molecule has 3 fully saturated rings. The van der Waals surface area contributed by atoms with Crippen molar-refractivity contribution in [3.8, 4) is 0 Å². The van der Waals surface area contributed by atoms with Gasteiger partial charge in [0.15, 0.2) is 0 Å². The minimum atomic E-state index is -0.354. The second kappa shape index (κ2) is 7.21. The zero-order chi connectivity index (χ0) is 13.8. The lowest BCUT2D eigenvalue weighted by molar-refractivity contribution is -0.0166. The molecule has 0 aromatic carbocycles. The van der Waals surface area contributed by atoms with Gasteiger partial charge in [0.05, 0.1) is 25.9 Å². The van der Waals surface area contributed by atoms with Crippen molar-refractivity contribution < 1.29 is 14.6 Å². The summed E-state index contributed by atoms with van der Waals surface area (Å²) in [6.07, 6.45) is 6.68. The molecule has 0 spiro atoms. The Labute approximate surface area is 122 Å². The van der Waals surface area contributed by atoms with E-state index in [4.69, 9.17) is 9.47 Å². The third kappa shape index (κ3) is 3.94. The molecule has 3 aliphatic rings. The number of hydrogen-bond acceptors (Lipinski definition) is 4. The topological polar surface area (TPSA) is 41.9 Å². The average Bonchev–Trinajstić information content (AvgIpc) is 3.07. The summed E-state index contributed by atoms with van der Waals surface area (Å²) in [6, 6.07) is 0. The van der Waals surface area contributed by atoms with Crippen LogP contribution < -0.4 is 0 Å². The summed E-state index contributed by atoms with van der Waals surface area (Å²) >= 11 is 0. The van der Waals surface area contributed by atoms with Crippen LogP contribution in [0.25, 0.3) is 0 Å². The first-order chi connectivity index (χ1) is 9.81. The van der Waals surface area contributed by atoms with Crippen LogP contribution in [0.4, 0.5) is 0 Å². The van der Waals surface area contributed by atoms with Crippen LogP contribution in [-0.2, 0) is 9.47 Å². The minimum Gasteiger partial charge on any atom is -0.389 e. The fourth-order valence-electron chi connectivity index (χ4n) is 4.32. The Bertz CT molecular complexity index is 293. The summed E-state index contributed by atoms with van der Waals surface area (Å²) in [5.74, 6) is 2.92. The molecular weight excluding hydrogens is 254 g/mol. The monoisotopic (exact) mass is 283 g/mol. The van der Waals surface area contributed by atoms with Crippen LogP contribution in [0.15, 0.2) is 0 Å². The van der Waals surface area contributed by atoms with Gasteiger partial charge >= 0.3 is 0 Å². The number of nitrogens with zero attached hydrogens (tertiary/aromatic N) is 1. The molecule has 0 amide bonds. The van der Waals surface area contributed by atoms with Crippen LogP contribution in [0.1, 0.15) is 32.1 Å². The van der Waals surface area contributed by atoms with Gasteiger partial charge in [-0.2, -0.15) is 0 Å². The zero-order valence-corrected chi connectivity index (χ0v) is 12.5. The molecule has 4 heteroatoms. The first kappa shape index (κ1) is 14.8.